The molecular formula is C17H8F3N5O4S. The number of alkyl halides is 3. The molecule has 0 fully saturated rings. The molecule has 3 heterocycles. The number of amidine groups is 2. The predicted molar refractivity (Wildman–Crippen MR) is 102 cm³/mol. The number of amides is 1. The van der Waals surface area contributed by atoms with Gasteiger partial charge in [0.15, 0.2) is 5.84 Å². The van der Waals surface area contributed by atoms with E-state index in [9.17, 15) is 28.1 Å². The van der Waals surface area contributed by atoms with Crippen molar-refractivity contribution in [2.24, 2.45) is 10.1 Å². The van der Waals surface area contributed by atoms with Crippen LogP contribution < -0.4 is 0 Å². The van der Waals surface area contributed by atoms with Crippen LogP contribution in [0.25, 0.3) is 17.4 Å². The number of nitro benzene ring substituents is 1. The van der Waals surface area contributed by atoms with Crippen LogP contribution in [0.2, 0.25) is 0 Å². The number of hydrazone groups is 1. The molecule has 4 rings (SSSR count). The largest absolute Gasteiger partial charge is 0.456 e. The summed E-state index contributed by atoms with van der Waals surface area (Å²) in [5.41, 5.74) is -0.326. The maximum absolute atomic E-state index is 12.9. The molecule has 2 aliphatic rings. The smallest absolute Gasteiger partial charge is 0.441 e. The fraction of sp³-hybridized carbons (Fsp3) is 0.0588. The van der Waals surface area contributed by atoms with Gasteiger partial charge >= 0.3 is 6.18 Å². The summed E-state index contributed by atoms with van der Waals surface area (Å²) >= 11 is 0.148. The Morgan fingerprint density at radius 3 is 2.67 bits per heavy atom. The van der Waals surface area contributed by atoms with E-state index in [4.69, 9.17) is 9.83 Å². The number of benzene rings is 1. The van der Waals surface area contributed by atoms with Crippen LogP contribution in [0.5, 0.6) is 0 Å². The van der Waals surface area contributed by atoms with E-state index >= 15 is 0 Å². The maximum atomic E-state index is 12.9. The summed E-state index contributed by atoms with van der Waals surface area (Å²) in [6.45, 7) is 0. The van der Waals surface area contributed by atoms with E-state index in [1.165, 1.54) is 30.3 Å². The van der Waals surface area contributed by atoms with Gasteiger partial charge in [-0.05, 0) is 36.0 Å². The number of fused-ring (bicyclic) bond motifs is 1. The molecule has 9 nitrogen and oxygen atoms in total. The zero-order valence-electron chi connectivity index (χ0n) is 14.5. The molecule has 30 heavy (non-hydrogen) atoms. The SMILES string of the molecule is N=C1C(=Cc2ccc(-c3ccccc3[N+](=O)[O-])o2)C(=O)N=C2SC(C(F)(F)F)=NN12. The molecule has 0 atom stereocenters. The minimum absolute atomic E-state index is 0.0572. The van der Waals surface area contributed by atoms with Crippen LogP contribution in [0.3, 0.4) is 0 Å². The van der Waals surface area contributed by atoms with Crippen LogP contribution in [-0.4, -0.2) is 38.1 Å². The number of para-hydroxylation sites is 1. The van der Waals surface area contributed by atoms with Gasteiger partial charge < -0.3 is 4.42 Å². The Morgan fingerprint density at radius 1 is 1.23 bits per heavy atom. The van der Waals surface area contributed by atoms with Crippen LogP contribution in [0.4, 0.5) is 18.9 Å². The summed E-state index contributed by atoms with van der Waals surface area (Å²) in [6.07, 6.45) is -3.62. The lowest BCUT2D eigenvalue weighted by Crippen LogP contribution is -2.35. The molecule has 1 aromatic heterocycles. The van der Waals surface area contributed by atoms with Crippen molar-refractivity contribution in [3.8, 4) is 11.3 Å². The van der Waals surface area contributed by atoms with Crippen molar-refractivity contribution in [1.82, 2.24) is 5.01 Å². The normalized spacial score (nSPS) is 17.8. The maximum Gasteiger partial charge on any atom is 0.441 e. The first kappa shape index (κ1) is 19.6. The van der Waals surface area contributed by atoms with Crippen molar-refractivity contribution in [3.05, 3.63) is 57.8 Å². The number of halogens is 3. The third kappa shape index (κ3) is 3.39. The Kier molecular flexibility index (Phi) is 4.53. The van der Waals surface area contributed by atoms with Gasteiger partial charge in [0, 0.05) is 6.07 Å². The van der Waals surface area contributed by atoms with Gasteiger partial charge in [0.1, 0.15) is 11.5 Å². The molecule has 0 unspecified atom stereocenters. The number of nitrogens with one attached hydrogen (secondary N) is 1. The topological polar surface area (TPSA) is 125 Å². The summed E-state index contributed by atoms with van der Waals surface area (Å²) in [5, 5.41) is 21.5. The van der Waals surface area contributed by atoms with Crippen LogP contribution >= 0.6 is 11.8 Å². The Bertz CT molecular complexity index is 1200. The minimum atomic E-state index is -4.74. The van der Waals surface area contributed by atoms with Crippen LogP contribution in [-0.2, 0) is 4.79 Å². The molecule has 0 saturated heterocycles. The number of hydrogen-bond acceptors (Lipinski definition) is 7. The lowest BCUT2D eigenvalue weighted by atomic mass is 10.1. The summed E-state index contributed by atoms with van der Waals surface area (Å²) in [5.74, 6) is -1.33. The second-order valence-electron chi connectivity index (χ2n) is 5.90. The van der Waals surface area contributed by atoms with E-state index in [1.54, 1.807) is 6.07 Å². The number of rotatable bonds is 3. The fourth-order valence-corrected chi connectivity index (χ4v) is 3.42. The van der Waals surface area contributed by atoms with Crippen LogP contribution in [0.1, 0.15) is 5.76 Å². The number of nitrogens with zero attached hydrogens (tertiary/aromatic N) is 4. The molecule has 13 heteroatoms. The van der Waals surface area contributed by atoms with Gasteiger partial charge in [-0.15, -0.1) is 0 Å². The molecule has 2 aliphatic heterocycles. The molecule has 1 aromatic carbocycles. The molecule has 0 radical (unpaired) electrons. The van der Waals surface area contributed by atoms with Gasteiger partial charge in [-0.3, -0.25) is 20.3 Å². The second kappa shape index (κ2) is 6.95. The Morgan fingerprint density at radius 2 is 1.97 bits per heavy atom. The van der Waals surface area contributed by atoms with Gasteiger partial charge in [-0.2, -0.15) is 28.3 Å². The van der Waals surface area contributed by atoms with Crippen molar-refractivity contribution >= 4 is 45.5 Å². The van der Waals surface area contributed by atoms with Gasteiger partial charge in [-0.1, -0.05) is 12.1 Å². The highest BCUT2D eigenvalue weighted by Gasteiger charge is 2.46. The molecule has 1 N–H and O–H groups in total. The zero-order valence-corrected chi connectivity index (χ0v) is 15.3. The average Bonchev–Trinajstić information content (AvgIpc) is 3.32. The zero-order chi connectivity index (χ0) is 21.6. The third-order valence-electron chi connectivity index (χ3n) is 3.98. The summed E-state index contributed by atoms with van der Waals surface area (Å²) in [6, 6.07) is 8.70. The van der Waals surface area contributed by atoms with Crippen molar-refractivity contribution in [2.45, 2.75) is 6.18 Å². The second-order valence-corrected chi connectivity index (χ2v) is 6.86. The lowest BCUT2D eigenvalue weighted by Gasteiger charge is -2.19. The first-order chi connectivity index (χ1) is 14.1. The monoisotopic (exact) mass is 435 g/mol. The number of nitro groups is 1. The highest BCUT2D eigenvalue weighted by Crippen LogP contribution is 2.36. The van der Waals surface area contributed by atoms with Crippen LogP contribution in [0, 0.1) is 15.5 Å². The van der Waals surface area contributed by atoms with E-state index in [-0.39, 0.29) is 45.3 Å². The number of carbonyl (C=O) groups is 1. The van der Waals surface area contributed by atoms with Crippen molar-refractivity contribution in [1.29, 1.82) is 5.41 Å². The molecule has 152 valence electrons. The molecular weight excluding hydrogens is 427 g/mol. The number of furan rings is 1. The third-order valence-corrected chi connectivity index (χ3v) is 4.93. The predicted octanol–water partition coefficient (Wildman–Crippen LogP) is 4.04. The first-order valence-electron chi connectivity index (χ1n) is 8.06. The van der Waals surface area contributed by atoms with Gasteiger partial charge in [0.05, 0.1) is 16.1 Å². The lowest BCUT2D eigenvalue weighted by molar-refractivity contribution is -0.384. The first-order valence-corrected chi connectivity index (χ1v) is 8.88. The van der Waals surface area contributed by atoms with Crippen molar-refractivity contribution in [3.63, 3.8) is 0 Å². The molecule has 0 saturated carbocycles. The number of aliphatic imine (C=N–C) groups is 1. The summed E-state index contributed by atoms with van der Waals surface area (Å²) < 4.78 is 44.1. The number of carbonyl (C=O) groups excluding carboxylic acids is 1. The van der Waals surface area contributed by atoms with Gasteiger partial charge in [0.2, 0.25) is 10.2 Å². The van der Waals surface area contributed by atoms with E-state index in [0.29, 0.717) is 5.01 Å². The fourth-order valence-electron chi connectivity index (χ4n) is 2.67. The van der Waals surface area contributed by atoms with E-state index in [0.717, 1.165) is 6.08 Å². The molecule has 0 bridgehead atoms. The summed E-state index contributed by atoms with van der Waals surface area (Å²) in [4.78, 5) is 26.4. The quantitative estimate of drug-likeness (QED) is 0.441. The minimum Gasteiger partial charge on any atom is -0.456 e. The standard InChI is InChI=1S/C17H8F3N5O4S/c18-17(19,20)15-23-24-13(21)10(14(26)22-16(24)30-15)7-8-5-6-12(29-8)9-3-1-2-4-11(9)25(27)28/h1-7,21H. The molecule has 1 amide bonds. The van der Waals surface area contributed by atoms with E-state index < -0.39 is 27.9 Å². The van der Waals surface area contributed by atoms with Crippen molar-refractivity contribution < 1.29 is 27.3 Å². The number of hydrogen-bond donors (Lipinski definition) is 1. The highest BCUT2D eigenvalue weighted by atomic mass is 32.2. The number of thioether (sulfide) groups is 1. The highest BCUT2D eigenvalue weighted by molar-refractivity contribution is 8.27. The Labute approximate surface area is 169 Å². The van der Waals surface area contributed by atoms with E-state index in [2.05, 4.69) is 10.1 Å². The molecule has 2 aromatic rings. The van der Waals surface area contributed by atoms with Crippen molar-refractivity contribution in [2.75, 3.05) is 0 Å². The van der Waals surface area contributed by atoms with Crippen LogP contribution in [0.15, 0.2) is 56.5 Å². The summed E-state index contributed by atoms with van der Waals surface area (Å²) in [7, 11) is 0. The average molecular weight is 435 g/mol. The Hall–Kier alpha value is -3.74. The van der Waals surface area contributed by atoms with Gasteiger partial charge in [0.25, 0.3) is 11.6 Å². The van der Waals surface area contributed by atoms with Gasteiger partial charge in [-0.25, -0.2) is 0 Å². The molecule has 0 spiro atoms. The van der Waals surface area contributed by atoms with E-state index in [1.807, 2.05) is 0 Å². The molecule has 0 aliphatic carbocycles. The Balaban J connectivity index is 1.68.